The Labute approximate surface area is 108 Å². The third-order valence-corrected chi connectivity index (χ3v) is 3.68. The first-order chi connectivity index (χ1) is 8.50. The molecule has 0 spiro atoms. The number of nitrogens with one attached hydrogen (secondary N) is 1. The molecule has 6 heteroatoms. The molecule has 0 fully saturated rings. The average molecular weight is 269 g/mol. The van der Waals surface area contributed by atoms with Gasteiger partial charge in [-0.3, -0.25) is 9.00 Å². The molecular formula is C12H15NO4S. The van der Waals surface area contributed by atoms with E-state index in [9.17, 15) is 13.8 Å². The zero-order chi connectivity index (χ0) is 13.5. The highest BCUT2D eigenvalue weighted by Gasteiger charge is 2.19. The predicted octanol–water partition coefficient (Wildman–Crippen LogP) is 0.774. The van der Waals surface area contributed by atoms with Gasteiger partial charge in [-0.05, 0) is 18.6 Å². The van der Waals surface area contributed by atoms with Crippen LogP contribution in [-0.4, -0.2) is 33.0 Å². The molecule has 0 aliphatic rings. The summed E-state index contributed by atoms with van der Waals surface area (Å²) in [5.74, 6) is -1.33. The molecule has 0 bridgehead atoms. The molecule has 0 aliphatic heterocycles. The van der Waals surface area contributed by atoms with Crippen LogP contribution in [0.3, 0.4) is 0 Å². The van der Waals surface area contributed by atoms with E-state index in [-0.39, 0.29) is 12.2 Å². The molecule has 5 nitrogen and oxygen atoms in total. The molecule has 1 amide bonds. The van der Waals surface area contributed by atoms with E-state index in [1.54, 1.807) is 24.3 Å². The minimum Gasteiger partial charge on any atom is -0.480 e. The Kier molecular flexibility index (Phi) is 5.51. The summed E-state index contributed by atoms with van der Waals surface area (Å²) >= 11 is 0. The molecule has 0 aromatic heterocycles. The third-order valence-electron chi connectivity index (χ3n) is 2.27. The molecular weight excluding hydrogens is 254 g/mol. The van der Waals surface area contributed by atoms with Crippen LogP contribution in [0.5, 0.6) is 0 Å². The van der Waals surface area contributed by atoms with Crippen LogP contribution in [0.4, 0.5) is 0 Å². The van der Waals surface area contributed by atoms with Crippen LogP contribution in [0.1, 0.15) is 13.3 Å². The molecule has 0 aliphatic carbocycles. The van der Waals surface area contributed by atoms with Gasteiger partial charge in [-0.15, -0.1) is 0 Å². The molecule has 2 atom stereocenters. The number of rotatable bonds is 6. The summed E-state index contributed by atoms with van der Waals surface area (Å²) < 4.78 is 11.9. The fourth-order valence-electron chi connectivity index (χ4n) is 1.42. The first-order valence-electron chi connectivity index (χ1n) is 5.44. The molecule has 18 heavy (non-hydrogen) atoms. The molecule has 1 aromatic carbocycles. The Morgan fingerprint density at radius 1 is 1.33 bits per heavy atom. The normalized spacial score (nSPS) is 13.6. The van der Waals surface area contributed by atoms with Crippen molar-refractivity contribution in [3.63, 3.8) is 0 Å². The van der Waals surface area contributed by atoms with Crippen molar-refractivity contribution in [3.8, 4) is 0 Å². The Balaban J connectivity index is 2.55. The average Bonchev–Trinajstić information content (AvgIpc) is 2.34. The van der Waals surface area contributed by atoms with E-state index in [2.05, 4.69) is 5.32 Å². The fourth-order valence-corrected chi connectivity index (χ4v) is 2.56. The Morgan fingerprint density at radius 2 is 1.94 bits per heavy atom. The predicted molar refractivity (Wildman–Crippen MR) is 67.6 cm³/mol. The van der Waals surface area contributed by atoms with Crippen molar-refractivity contribution in [2.45, 2.75) is 24.3 Å². The monoisotopic (exact) mass is 269 g/mol. The van der Waals surface area contributed by atoms with Crippen molar-refractivity contribution in [1.82, 2.24) is 5.32 Å². The standard InChI is InChI=1S/C12H15NO4S/c1-9(14)13-11(12(15)16)7-8-18(17)10-5-3-2-4-6-10/h2-6,11H,7-8H2,1H3,(H,13,14)(H,15,16)/t11-,18-/m1/s1. The van der Waals surface area contributed by atoms with Gasteiger partial charge in [-0.1, -0.05) is 18.2 Å². The van der Waals surface area contributed by atoms with E-state index in [1.165, 1.54) is 6.92 Å². The Hall–Kier alpha value is -1.69. The number of aliphatic carboxylic acids is 1. The van der Waals surface area contributed by atoms with E-state index >= 15 is 0 Å². The highest BCUT2D eigenvalue weighted by atomic mass is 32.2. The quantitative estimate of drug-likeness (QED) is 0.799. The zero-order valence-electron chi connectivity index (χ0n) is 9.96. The SMILES string of the molecule is CC(=O)N[C@H](CC[S@@](=O)c1ccccc1)C(=O)O. The van der Waals surface area contributed by atoms with Gasteiger partial charge in [-0.2, -0.15) is 0 Å². The van der Waals surface area contributed by atoms with Crippen molar-refractivity contribution >= 4 is 22.7 Å². The number of hydrogen-bond acceptors (Lipinski definition) is 3. The van der Waals surface area contributed by atoms with Crippen molar-refractivity contribution in [1.29, 1.82) is 0 Å². The Morgan fingerprint density at radius 3 is 2.44 bits per heavy atom. The van der Waals surface area contributed by atoms with Crippen LogP contribution in [0.15, 0.2) is 35.2 Å². The number of benzene rings is 1. The fraction of sp³-hybridized carbons (Fsp3) is 0.333. The minimum atomic E-state index is -1.25. The summed E-state index contributed by atoms with van der Waals surface area (Å²) in [7, 11) is -1.25. The summed E-state index contributed by atoms with van der Waals surface area (Å²) in [5, 5.41) is 11.2. The van der Waals surface area contributed by atoms with E-state index in [0.29, 0.717) is 4.90 Å². The van der Waals surface area contributed by atoms with Crippen LogP contribution in [0.2, 0.25) is 0 Å². The first-order valence-corrected chi connectivity index (χ1v) is 6.76. The second kappa shape index (κ2) is 6.90. The van der Waals surface area contributed by atoms with Gasteiger partial charge in [0.2, 0.25) is 5.91 Å². The van der Waals surface area contributed by atoms with Gasteiger partial charge in [0.25, 0.3) is 0 Å². The number of carbonyl (C=O) groups is 2. The topological polar surface area (TPSA) is 83.5 Å². The maximum Gasteiger partial charge on any atom is 0.326 e. The molecule has 1 rings (SSSR count). The highest BCUT2D eigenvalue weighted by molar-refractivity contribution is 7.85. The van der Waals surface area contributed by atoms with Gasteiger partial charge >= 0.3 is 5.97 Å². The van der Waals surface area contributed by atoms with Gasteiger partial charge in [0.15, 0.2) is 0 Å². The molecule has 0 heterocycles. The largest absolute Gasteiger partial charge is 0.480 e. The van der Waals surface area contributed by atoms with Crippen LogP contribution in [0, 0.1) is 0 Å². The van der Waals surface area contributed by atoms with Crippen molar-refractivity contribution < 1.29 is 18.9 Å². The van der Waals surface area contributed by atoms with Crippen molar-refractivity contribution in [2.75, 3.05) is 5.75 Å². The summed E-state index contributed by atoms with van der Waals surface area (Å²) in [6.45, 7) is 1.25. The van der Waals surface area contributed by atoms with Gasteiger partial charge in [0.05, 0.1) is 10.8 Å². The van der Waals surface area contributed by atoms with Crippen LogP contribution in [-0.2, 0) is 20.4 Å². The molecule has 0 unspecified atom stereocenters. The molecule has 0 saturated heterocycles. The summed E-state index contributed by atoms with van der Waals surface area (Å²) in [6, 6.07) is 7.83. The first kappa shape index (κ1) is 14.4. The smallest absolute Gasteiger partial charge is 0.326 e. The van der Waals surface area contributed by atoms with Crippen LogP contribution in [0.25, 0.3) is 0 Å². The molecule has 0 radical (unpaired) electrons. The lowest BCUT2D eigenvalue weighted by molar-refractivity contribution is -0.141. The lowest BCUT2D eigenvalue weighted by atomic mass is 10.2. The van der Waals surface area contributed by atoms with Crippen molar-refractivity contribution in [2.24, 2.45) is 0 Å². The van der Waals surface area contributed by atoms with E-state index in [4.69, 9.17) is 5.11 Å². The van der Waals surface area contributed by atoms with E-state index in [0.717, 1.165) is 0 Å². The molecule has 2 N–H and O–H groups in total. The van der Waals surface area contributed by atoms with Gasteiger partial charge in [0.1, 0.15) is 6.04 Å². The van der Waals surface area contributed by atoms with Gasteiger partial charge < -0.3 is 10.4 Å². The van der Waals surface area contributed by atoms with Crippen LogP contribution >= 0.6 is 0 Å². The molecule has 0 saturated carbocycles. The number of carboxylic acids is 1. The van der Waals surface area contributed by atoms with Crippen LogP contribution < -0.4 is 5.32 Å². The van der Waals surface area contributed by atoms with E-state index < -0.39 is 28.7 Å². The second-order valence-corrected chi connectivity index (χ2v) is 5.31. The number of amides is 1. The lowest BCUT2D eigenvalue weighted by Gasteiger charge is -2.12. The number of hydrogen-bond donors (Lipinski definition) is 2. The lowest BCUT2D eigenvalue weighted by Crippen LogP contribution is -2.40. The van der Waals surface area contributed by atoms with Gasteiger partial charge in [0, 0.05) is 17.6 Å². The minimum absolute atomic E-state index is 0.135. The summed E-state index contributed by atoms with van der Waals surface area (Å²) in [6.07, 6.45) is 0.135. The summed E-state index contributed by atoms with van der Waals surface area (Å²) in [5.41, 5.74) is 0. The maximum absolute atomic E-state index is 11.9. The maximum atomic E-state index is 11.9. The summed E-state index contributed by atoms with van der Waals surface area (Å²) in [4.78, 5) is 22.4. The zero-order valence-corrected chi connectivity index (χ0v) is 10.8. The number of carboxylic acid groups (broad SMARTS) is 1. The third kappa shape index (κ3) is 4.67. The Bertz CT molecular complexity index is 447. The highest BCUT2D eigenvalue weighted by Crippen LogP contribution is 2.07. The molecule has 1 aromatic rings. The molecule has 98 valence electrons. The van der Waals surface area contributed by atoms with Crippen molar-refractivity contribution in [3.05, 3.63) is 30.3 Å². The number of carbonyl (C=O) groups excluding carboxylic acids is 1. The second-order valence-electron chi connectivity index (χ2n) is 3.74. The van der Waals surface area contributed by atoms with E-state index in [1.807, 2.05) is 6.07 Å². The van der Waals surface area contributed by atoms with Gasteiger partial charge in [-0.25, -0.2) is 4.79 Å².